The summed E-state index contributed by atoms with van der Waals surface area (Å²) >= 11 is 0. The highest BCUT2D eigenvalue weighted by molar-refractivity contribution is 5.85. The average molecular weight is 475 g/mol. The fourth-order valence-corrected chi connectivity index (χ4v) is 3.44. The maximum Gasteiger partial charge on any atom is 0.307 e. The Morgan fingerprint density at radius 3 is 1.89 bits per heavy atom. The van der Waals surface area contributed by atoms with Crippen LogP contribution in [0.2, 0.25) is 0 Å². The van der Waals surface area contributed by atoms with Gasteiger partial charge in [-0.2, -0.15) is 8.78 Å². The summed E-state index contributed by atoms with van der Waals surface area (Å²) in [6.07, 6.45) is 1.41. The Hall–Kier alpha value is -3.46. The molecule has 0 bridgehead atoms. The molecule has 4 aromatic rings. The van der Waals surface area contributed by atoms with Gasteiger partial charge in [0.15, 0.2) is 5.76 Å². The monoisotopic (exact) mass is 474 g/mol. The first-order chi connectivity index (χ1) is 16.8. The molecular formula is C32H36F2O. The molecule has 0 heterocycles. The second-order valence-electron chi connectivity index (χ2n) is 8.45. The molecule has 0 saturated heterocycles. The summed E-state index contributed by atoms with van der Waals surface area (Å²) in [6, 6.07) is 30.7. The highest BCUT2D eigenvalue weighted by Gasteiger charge is 2.02. The van der Waals surface area contributed by atoms with Crippen LogP contribution in [-0.2, 0) is 12.8 Å². The van der Waals surface area contributed by atoms with E-state index < -0.39 is 6.08 Å². The molecule has 4 rings (SSSR count). The Morgan fingerprint density at radius 2 is 1.31 bits per heavy atom. The number of hydrogen-bond donors (Lipinski definition) is 0. The number of allylic oxidation sites excluding steroid dienone is 1. The number of ether oxygens (including phenoxy) is 1. The molecule has 35 heavy (non-hydrogen) atoms. The van der Waals surface area contributed by atoms with Crippen molar-refractivity contribution in [2.45, 2.75) is 53.9 Å². The van der Waals surface area contributed by atoms with Crippen LogP contribution in [-0.4, -0.2) is 0 Å². The molecule has 0 spiro atoms. The van der Waals surface area contributed by atoms with E-state index in [1.165, 1.54) is 39.9 Å². The number of fused-ring (bicyclic) bond motifs is 1. The molecule has 0 aromatic heterocycles. The van der Waals surface area contributed by atoms with Gasteiger partial charge in [-0.15, -0.1) is 0 Å². The predicted molar refractivity (Wildman–Crippen MR) is 145 cm³/mol. The van der Waals surface area contributed by atoms with E-state index in [1.54, 1.807) is 12.1 Å². The summed E-state index contributed by atoms with van der Waals surface area (Å²) in [5.41, 5.74) is 5.29. The summed E-state index contributed by atoms with van der Waals surface area (Å²) < 4.78 is 29.1. The van der Waals surface area contributed by atoms with Crippen LogP contribution >= 0.6 is 0 Å². The fourth-order valence-electron chi connectivity index (χ4n) is 3.44. The number of benzene rings is 4. The zero-order valence-electron chi connectivity index (χ0n) is 21.4. The van der Waals surface area contributed by atoms with Crippen LogP contribution in [0, 0.1) is 13.8 Å². The third kappa shape index (κ3) is 9.74. The average Bonchev–Trinajstić information content (AvgIpc) is 2.87. The number of aryl methyl sites for hydroxylation is 4. The van der Waals surface area contributed by atoms with Crippen LogP contribution in [0.1, 0.15) is 49.4 Å². The third-order valence-corrected chi connectivity index (χ3v) is 5.54. The molecule has 0 aliphatic carbocycles. The Bertz CT molecular complexity index is 1180. The summed E-state index contributed by atoms with van der Waals surface area (Å²) in [5.74, 6) is 0.0957. The minimum Gasteiger partial charge on any atom is -0.456 e. The van der Waals surface area contributed by atoms with Gasteiger partial charge in [-0.1, -0.05) is 105 Å². The van der Waals surface area contributed by atoms with Gasteiger partial charge in [0.05, 0.1) is 0 Å². The number of halogens is 2. The Balaban J connectivity index is 0.000000192. The van der Waals surface area contributed by atoms with Crippen molar-refractivity contribution in [3.8, 4) is 5.75 Å². The molecule has 0 radical (unpaired) electrons. The van der Waals surface area contributed by atoms with Gasteiger partial charge in [-0.25, -0.2) is 0 Å². The third-order valence-electron chi connectivity index (χ3n) is 5.54. The van der Waals surface area contributed by atoms with Crippen molar-refractivity contribution in [1.29, 1.82) is 0 Å². The van der Waals surface area contributed by atoms with Crippen LogP contribution in [0.25, 0.3) is 10.8 Å². The van der Waals surface area contributed by atoms with Gasteiger partial charge >= 0.3 is 6.08 Å². The van der Waals surface area contributed by atoms with Crippen molar-refractivity contribution in [3.63, 3.8) is 0 Å². The van der Waals surface area contributed by atoms with Gasteiger partial charge in [0.2, 0.25) is 0 Å². The molecule has 184 valence electrons. The lowest BCUT2D eigenvalue weighted by atomic mass is 10.1. The van der Waals surface area contributed by atoms with Crippen LogP contribution < -0.4 is 4.74 Å². The molecule has 0 N–H and O–H groups in total. The quantitative estimate of drug-likeness (QED) is 0.262. The molecular weight excluding hydrogens is 438 g/mol. The minimum absolute atomic E-state index is 0.349. The van der Waals surface area contributed by atoms with Crippen molar-refractivity contribution in [3.05, 3.63) is 125 Å². The largest absolute Gasteiger partial charge is 0.456 e. The summed E-state index contributed by atoms with van der Waals surface area (Å²) in [6.45, 7) is 9.76. The van der Waals surface area contributed by atoms with Crippen LogP contribution in [0.15, 0.2) is 103 Å². The maximum atomic E-state index is 12.1. The molecule has 0 aliphatic heterocycles. The minimum atomic E-state index is -1.78. The number of hydrogen-bond acceptors (Lipinski definition) is 1. The van der Waals surface area contributed by atoms with Crippen molar-refractivity contribution < 1.29 is 13.5 Å². The lowest BCUT2D eigenvalue weighted by molar-refractivity contribution is 0.330. The van der Waals surface area contributed by atoms with Gasteiger partial charge in [0.25, 0.3) is 0 Å². The fraction of sp³-hybridized carbons (Fsp3) is 0.250. The lowest BCUT2D eigenvalue weighted by Gasteiger charge is -2.05. The van der Waals surface area contributed by atoms with Crippen LogP contribution in [0.5, 0.6) is 5.75 Å². The van der Waals surface area contributed by atoms with Gasteiger partial charge in [-0.3, -0.25) is 0 Å². The molecule has 0 saturated carbocycles. The first kappa shape index (κ1) is 27.8. The smallest absolute Gasteiger partial charge is 0.307 e. The Labute approximate surface area is 209 Å². The van der Waals surface area contributed by atoms with Gasteiger partial charge in [0, 0.05) is 0 Å². The van der Waals surface area contributed by atoms with Crippen molar-refractivity contribution in [2.75, 3.05) is 0 Å². The molecule has 4 aromatic carbocycles. The highest BCUT2D eigenvalue weighted by atomic mass is 19.3. The normalized spacial score (nSPS) is 9.91. The van der Waals surface area contributed by atoms with Crippen molar-refractivity contribution in [2.24, 2.45) is 0 Å². The first-order valence-electron chi connectivity index (χ1n) is 12.1. The molecule has 0 atom stereocenters. The summed E-state index contributed by atoms with van der Waals surface area (Å²) in [7, 11) is 0. The van der Waals surface area contributed by atoms with E-state index in [1.807, 2.05) is 12.1 Å². The van der Waals surface area contributed by atoms with E-state index >= 15 is 0 Å². The molecule has 0 unspecified atom stereocenters. The summed E-state index contributed by atoms with van der Waals surface area (Å²) in [4.78, 5) is 0. The van der Waals surface area contributed by atoms with E-state index in [2.05, 4.69) is 94.4 Å². The Morgan fingerprint density at radius 1 is 0.714 bits per heavy atom. The molecule has 0 aliphatic rings. The second kappa shape index (κ2) is 14.7. The zero-order valence-corrected chi connectivity index (χ0v) is 21.4. The first-order valence-corrected chi connectivity index (χ1v) is 12.1. The van der Waals surface area contributed by atoms with Gasteiger partial charge in [-0.05, 0) is 73.2 Å². The topological polar surface area (TPSA) is 9.23 Å². The van der Waals surface area contributed by atoms with Crippen molar-refractivity contribution in [1.82, 2.24) is 0 Å². The lowest BCUT2D eigenvalue weighted by Crippen LogP contribution is -1.92. The van der Waals surface area contributed by atoms with Gasteiger partial charge < -0.3 is 4.74 Å². The molecule has 0 fully saturated rings. The number of rotatable bonds is 5. The predicted octanol–water partition coefficient (Wildman–Crippen LogP) is 9.85. The standard InChI is InChI=1S/C12H14F2O.C11H10.C9H12/c1-3-4-10-5-7-11(8-6-10)15-9(2)12(13)14;1-9-5-4-7-10-6-2-3-8-11(9)10;1-3-9-6-4-8(2)5-7-9/h5-8H,3-4H2,1-2H3;2-8H,1H3;4-7H,3H2,1-2H3. The molecule has 1 nitrogen and oxygen atoms in total. The van der Waals surface area contributed by atoms with Crippen LogP contribution in [0.4, 0.5) is 8.78 Å². The molecule has 0 amide bonds. The molecule has 3 heteroatoms. The van der Waals surface area contributed by atoms with E-state index in [0.717, 1.165) is 19.3 Å². The second-order valence-corrected chi connectivity index (χ2v) is 8.45. The van der Waals surface area contributed by atoms with E-state index in [0.29, 0.717) is 5.75 Å². The van der Waals surface area contributed by atoms with E-state index in [-0.39, 0.29) is 5.76 Å². The summed E-state index contributed by atoms with van der Waals surface area (Å²) in [5, 5.41) is 2.68. The zero-order chi connectivity index (χ0) is 25.6. The van der Waals surface area contributed by atoms with Gasteiger partial charge in [0.1, 0.15) is 5.75 Å². The van der Waals surface area contributed by atoms with E-state index in [4.69, 9.17) is 4.74 Å². The van der Waals surface area contributed by atoms with E-state index in [9.17, 15) is 8.78 Å². The maximum absolute atomic E-state index is 12.1. The highest BCUT2D eigenvalue weighted by Crippen LogP contribution is 2.18. The Kier molecular flexibility index (Phi) is 11.7. The SMILES string of the molecule is CCCc1ccc(OC(C)=C(F)F)cc1.CCc1ccc(C)cc1.Cc1cccc2ccccc12. The van der Waals surface area contributed by atoms with Crippen LogP contribution in [0.3, 0.4) is 0 Å². The van der Waals surface area contributed by atoms with Crippen molar-refractivity contribution >= 4 is 10.8 Å².